The summed E-state index contributed by atoms with van der Waals surface area (Å²) in [6, 6.07) is 14.1. The van der Waals surface area contributed by atoms with Crippen molar-refractivity contribution in [3.63, 3.8) is 0 Å². The van der Waals surface area contributed by atoms with E-state index in [2.05, 4.69) is 15.7 Å². The molecule has 7 nitrogen and oxygen atoms in total. The quantitative estimate of drug-likeness (QED) is 0.849. The number of carbonyl (C=O) groups excluding carboxylic acids is 3. The minimum atomic E-state index is -0.498. The summed E-state index contributed by atoms with van der Waals surface area (Å²) in [6.45, 7) is -0.291. The van der Waals surface area contributed by atoms with Crippen molar-refractivity contribution in [2.45, 2.75) is 12.8 Å². The summed E-state index contributed by atoms with van der Waals surface area (Å²) in [7, 11) is 0. The number of para-hydroxylation sites is 1. The molecule has 1 heterocycles. The molecule has 8 heteroatoms. The first kappa shape index (κ1) is 18.2. The van der Waals surface area contributed by atoms with Gasteiger partial charge in [0.25, 0.3) is 5.91 Å². The van der Waals surface area contributed by atoms with E-state index in [0.29, 0.717) is 11.4 Å². The summed E-state index contributed by atoms with van der Waals surface area (Å²) in [5.74, 6) is -1.66. The van der Waals surface area contributed by atoms with Crippen LogP contribution in [0.3, 0.4) is 0 Å². The van der Waals surface area contributed by atoms with Crippen molar-refractivity contribution in [1.29, 1.82) is 0 Å². The smallest absolute Gasteiger partial charge is 0.271 e. The first-order chi connectivity index (χ1) is 13.0. The predicted octanol–water partition coefficient (Wildman–Crippen LogP) is 2.38. The molecular weight excluding hydrogens is 351 g/mol. The molecule has 138 valence electrons. The van der Waals surface area contributed by atoms with Gasteiger partial charge in [-0.25, -0.2) is 9.40 Å². The highest BCUT2D eigenvalue weighted by molar-refractivity contribution is 6.43. The molecule has 0 aliphatic carbocycles. The monoisotopic (exact) mass is 368 g/mol. The Hall–Kier alpha value is -3.55. The Balaban J connectivity index is 1.64. The van der Waals surface area contributed by atoms with Gasteiger partial charge in [-0.05, 0) is 36.4 Å². The van der Waals surface area contributed by atoms with Gasteiger partial charge in [0.2, 0.25) is 11.8 Å². The zero-order valence-corrected chi connectivity index (χ0v) is 14.3. The number of anilines is 2. The predicted molar refractivity (Wildman–Crippen MR) is 98.5 cm³/mol. The van der Waals surface area contributed by atoms with Crippen LogP contribution in [-0.4, -0.2) is 35.0 Å². The number of nitrogens with one attached hydrogen (secondary N) is 2. The average molecular weight is 368 g/mol. The van der Waals surface area contributed by atoms with Crippen molar-refractivity contribution in [2.75, 3.05) is 17.2 Å². The van der Waals surface area contributed by atoms with E-state index in [9.17, 15) is 18.8 Å². The largest absolute Gasteiger partial charge is 0.324 e. The number of hydrogen-bond acceptors (Lipinski definition) is 4. The lowest BCUT2D eigenvalue weighted by Crippen LogP contribution is -2.40. The third-order valence-corrected chi connectivity index (χ3v) is 3.82. The molecule has 1 aliphatic heterocycles. The van der Waals surface area contributed by atoms with Crippen LogP contribution in [0.25, 0.3) is 0 Å². The molecule has 0 fully saturated rings. The number of hydrogen-bond donors (Lipinski definition) is 2. The van der Waals surface area contributed by atoms with Crippen LogP contribution in [-0.2, 0) is 14.4 Å². The molecule has 0 saturated heterocycles. The topological polar surface area (TPSA) is 90.9 Å². The van der Waals surface area contributed by atoms with Crippen molar-refractivity contribution >= 4 is 34.8 Å². The molecule has 2 aromatic rings. The second kappa shape index (κ2) is 8.22. The van der Waals surface area contributed by atoms with E-state index >= 15 is 0 Å². The standard InChI is InChI=1S/C19H17FN4O3/c20-13-6-8-15(9-7-13)22-19(27)16-10-11-18(26)24(23-16)12-17(25)21-14-4-2-1-3-5-14/h1-9H,10-12H2,(H,21,25)(H,22,27). The second-order valence-electron chi connectivity index (χ2n) is 5.87. The molecule has 0 unspecified atom stereocenters. The van der Waals surface area contributed by atoms with E-state index in [1.807, 2.05) is 6.07 Å². The van der Waals surface area contributed by atoms with E-state index < -0.39 is 17.6 Å². The first-order valence-electron chi connectivity index (χ1n) is 8.31. The fraction of sp³-hybridized carbons (Fsp3) is 0.158. The van der Waals surface area contributed by atoms with E-state index in [1.54, 1.807) is 24.3 Å². The maximum atomic E-state index is 12.9. The van der Waals surface area contributed by atoms with Crippen LogP contribution in [0.1, 0.15) is 12.8 Å². The Morgan fingerprint density at radius 2 is 1.63 bits per heavy atom. The fourth-order valence-electron chi connectivity index (χ4n) is 2.48. The Labute approximate surface area is 154 Å². The molecule has 1 aliphatic rings. The number of benzene rings is 2. The third-order valence-electron chi connectivity index (χ3n) is 3.82. The average Bonchev–Trinajstić information content (AvgIpc) is 2.66. The van der Waals surface area contributed by atoms with Crippen LogP contribution in [0.2, 0.25) is 0 Å². The molecular formula is C19H17FN4O3. The van der Waals surface area contributed by atoms with E-state index in [-0.39, 0.29) is 31.0 Å². The second-order valence-corrected chi connectivity index (χ2v) is 5.87. The van der Waals surface area contributed by atoms with Gasteiger partial charge in [0.1, 0.15) is 18.1 Å². The van der Waals surface area contributed by atoms with Gasteiger partial charge in [0.05, 0.1) is 0 Å². The molecule has 0 saturated carbocycles. The molecule has 0 spiro atoms. The van der Waals surface area contributed by atoms with Crippen LogP contribution >= 0.6 is 0 Å². The highest BCUT2D eigenvalue weighted by Crippen LogP contribution is 2.13. The SMILES string of the molecule is O=C(CN1N=C(C(=O)Nc2ccc(F)cc2)CCC1=O)Nc1ccccc1. The Morgan fingerprint density at radius 1 is 0.963 bits per heavy atom. The zero-order chi connectivity index (χ0) is 19.2. The maximum absolute atomic E-state index is 12.9. The fourth-order valence-corrected chi connectivity index (χ4v) is 2.48. The lowest BCUT2D eigenvalue weighted by Gasteiger charge is -2.22. The molecule has 0 aromatic heterocycles. The maximum Gasteiger partial charge on any atom is 0.271 e. The zero-order valence-electron chi connectivity index (χ0n) is 14.3. The van der Waals surface area contributed by atoms with Gasteiger partial charge < -0.3 is 10.6 Å². The van der Waals surface area contributed by atoms with Gasteiger partial charge in [-0.1, -0.05) is 18.2 Å². The molecule has 2 aromatic carbocycles. The van der Waals surface area contributed by atoms with Gasteiger partial charge in [-0.3, -0.25) is 14.4 Å². The molecule has 27 heavy (non-hydrogen) atoms. The van der Waals surface area contributed by atoms with Gasteiger partial charge >= 0.3 is 0 Å². The minimum absolute atomic E-state index is 0.0777. The summed E-state index contributed by atoms with van der Waals surface area (Å²) < 4.78 is 12.9. The number of amides is 3. The van der Waals surface area contributed by atoms with Crippen LogP contribution in [0.15, 0.2) is 59.7 Å². The van der Waals surface area contributed by atoms with E-state index in [0.717, 1.165) is 5.01 Å². The molecule has 3 rings (SSSR count). The van der Waals surface area contributed by atoms with Gasteiger partial charge in [-0.15, -0.1) is 0 Å². The van der Waals surface area contributed by atoms with Crippen LogP contribution < -0.4 is 10.6 Å². The number of nitrogens with zero attached hydrogens (tertiary/aromatic N) is 2. The summed E-state index contributed by atoms with van der Waals surface area (Å²) in [4.78, 5) is 36.4. The lowest BCUT2D eigenvalue weighted by molar-refractivity contribution is -0.135. The lowest BCUT2D eigenvalue weighted by atomic mass is 10.1. The van der Waals surface area contributed by atoms with Crippen LogP contribution in [0.5, 0.6) is 0 Å². The van der Waals surface area contributed by atoms with Gasteiger partial charge in [0.15, 0.2) is 0 Å². The van der Waals surface area contributed by atoms with Crippen LogP contribution in [0, 0.1) is 5.82 Å². The Morgan fingerprint density at radius 3 is 2.33 bits per heavy atom. The van der Waals surface area contributed by atoms with Gasteiger partial charge in [0, 0.05) is 24.2 Å². The molecule has 3 amide bonds. The highest BCUT2D eigenvalue weighted by atomic mass is 19.1. The van der Waals surface area contributed by atoms with E-state index in [4.69, 9.17) is 0 Å². The third kappa shape index (κ3) is 4.97. The Kier molecular flexibility index (Phi) is 5.55. The first-order valence-corrected chi connectivity index (χ1v) is 8.31. The van der Waals surface area contributed by atoms with Crippen molar-refractivity contribution < 1.29 is 18.8 Å². The van der Waals surface area contributed by atoms with Crippen molar-refractivity contribution in [3.05, 3.63) is 60.4 Å². The normalized spacial score (nSPS) is 13.7. The summed E-state index contributed by atoms with van der Waals surface area (Å²) in [5.41, 5.74) is 1.14. The minimum Gasteiger partial charge on any atom is -0.324 e. The number of carbonyl (C=O) groups is 3. The molecule has 2 N–H and O–H groups in total. The van der Waals surface area contributed by atoms with Crippen molar-refractivity contribution in [3.8, 4) is 0 Å². The van der Waals surface area contributed by atoms with Crippen molar-refractivity contribution in [1.82, 2.24) is 5.01 Å². The number of hydrazone groups is 1. The summed E-state index contributed by atoms with van der Waals surface area (Å²) in [5, 5.41) is 10.3. The number of rotatable bonds is 5. The molecule has 0 radical (unpaired) electrons. The van der Waals surface area contributed by atoms with E-state index in [1.165, 1.54) is 24.3 Å². The number of halogens is 1. The molecule has 0 bridgehead atoms. The molecule has 0 atom stereocenters. The van der Waals surface area contributed by atoms with Crippen molar-refractivity contribution in [2.24, 2.45) is 5.10 Å². The van der Waals surface area contributed by atoms with Gasteiger partial charge in [-0.2, -0.15) is 5.10 Å². The van der Waals surface area contributed by atoms with Crippen LogP contribution in [0.4, 0.5) is 15.8 Å². The summed E-state index contributed by atoms with van der Waals surface area (Å²) in [6.07, 6.45) is 0.247. The summed E-state index contributed by atoms with van der Waals surface area (Å²) >= 11 is 0. The highest BCUT2D eigenvalue weighted by Gasteiger charge is 2.26. The Bertz CT molecular complexity index is 882.